The summed E-state index contributed by atoms with van der Waals surface area (Å²) in [6.45, 7) is 3.95. The van der Waals surface area contributed by atoms with Crippen molar-refractivity contribution in [1.29, 1.82) is 0 Å². The lowest BCUT2D eigenvalue weighted by Crippen LogP contribution is -2.18. The highest BCUT2D eigenvalue weighted by molar-refractivity contribution is 8.08. The highest BCUT2D eigenvalue weighted by Crippen LogP contribution is 2.62. The summed E-state index contributed by atoms with van der Waals surface area (Å²) in [5, 5.41) is 14.4. The molecule has 0 bridgehead atoms. The number of benzene rings is 1. The smallest absolute Gasteiger partial charge is 0.264 e. The molecule has 2 aromatic rings. The molecule has 1 aliphatic heterocycles. The van der Waals surface area contributed by atoms with Gasteiger partial charge in [-0.2, -0.15) is 4.98 Å². The number of phenols is 1. The van der Waals surface area contributed by atoms with Crippen molar-refractivity contribution in [3.63, 3.8) is 0 Å². The number of hydrogen-bond acceptors (Lipinski definition) is 5. The maximum absolute atomic E-state index is 10.1. The zero-order chi connectivity index (χ0) is 17.9. The van der Waals surface area contributed by atoms with Crippen LogP contribution in [-0.4, -0.2) is 21.0 Å². The van der Waals surface area contributed by atoms with Crippen molar-refractivity contribution in [1.82, 2.24) is 10.1 Å². The van der Waals surface area contributed by atoms with Crippen molar-refractivity contribution in [2.75, 3.05) is 5.75 Å². The highest BCUT2D eigenvalue weighted by atomic mass is 32.2. The van der Waals surface area contributed by atoms with Gasteiger partial charge in [0, 0.05) is 11.3 Å². The Balaban J connectivity index is 1.47. The molecule has 1 unspecified atom stereocenters. The van der Waals surface area contributed by atoms with Gasteiger partial charge in [0.15, 0.2) is 0 Å². The van der Waals surface area contributed by atoms with E-state index < -0.39 is 0 Å². The third kappa shape index (κ3) is 2.59. The van der Waals surface area contributed by atoms with Crippen LogP contribution in [0, 0.1) is 18.3 Å². The zero-order valence-electron chi connectivity index (χ0n) is 15.3. The first-order chi connectivity index (χ1) is 12.6. The van der Waals surface area contributed by atoms with Gasteiger partial charge >= 0.3 is 0 Å². The standard InChI is InChI=1S/C21H24N2O2S/c1-3-13-9-14(8-12(2)17(13)24)19-22-20(25-23-19)18-16-4-5-21(6-7-21)10-15(16)11-26-18/h8-9,15,24H,3-7,10-11H2,1-2H3. The lowest BCUT2D eigenvalue weighted by Gasteiger charge is -2.28. The van der Waals surface area contributed by atoms with Crippen molar-refractivity contribution in [2.24, 2.45) is 11.3 Å². The zero-order valence-corrected chi connectivity index (χ0v) is 16.2. The first-order valence-electron chi connectivity index (χ1n) is 9.61. The van der Waals surface area contributed by atoms with Gasteiger partial charge in [-0.1, -0.05) is 12.1 Å². The molecular formula is C21H24N2O2S. The van der Waals surface area contributed by atoms with Crippen LogP contribution in [0.15, 0.2) is 22.2 Å². The Morgan fingerprint density at radius 3 is 2.92 bits per heavy atom. The van der Waals surface area contributed by atoms with E-state index in [9.17, 15) is 5.11 Å². The molecule has 1 aromatic carbocycles. The number of aryl methyl sites for hydroxylation is 2. The minimum atomic E-state index is 0.371. The minimum absolute atomic E-state index is 0.371. The molecule has 5 rings (SSSR count). The highest BCUT2D eigenvalue weighted by Gasteiger charge is 2.49. The van der Waals surface area contributed by atoms with Crippen LogP contribution in [0.1, 0.15) is 56.0 Å². The molecule has 1 spiro atoms. The molecule has 0 saturated heterocycles. The maximum Gasteiger partial charge on any atom is 0.264 e. The first-order valence-corrected chi connectivity index (χ1v) is 10.6. The molecule has 2 aliphatic carbocycles. The van der Waals surface area contributed by atoms with Crippen LogP contribution < -0.4 is 0 Å². The average Bonchev–Trinajstić information content (AvgIpc) is 3.06. The minimum Gasteiger partial charge on any atom is -0.507 e. The molecule has 5 heteroatoms. The quantitative estimate of drug-likeness (QED) is 0.791. The van der Waals surface area contributed by atoms with Gasteiger partial charge in [-0.25, -0.2) is 0 Å². The summed E-state index contributed by atoms with van der Waals surface area (Å²) in [6, 6.07) is 3.90. The molecular weight excluding hydrogens is 344 g/mol. The van der Waals surface area contributed by atoms with Crippen LogP contribution >= 0.6 is 11.8 Å². The second-order valence-electron chi connectivity index (χ2n) is 8.14. The molecule has 2 saturated carbocycles. The number of allylic oxidation sites excluding steroid dienone is 1. The Hall–Kier alpha value is -1.75. The summed E-state index contributed by atoms with van der Waals surface area (Å²) in [4.78, 5) is 5.95. The van der Waals surface area contributed by atoms with E-state index in [2.05, 4.69) is 5.16 Å². The molecule has 1 atom stereocenters. The van der Waals surface area contributed by atoms with Gasteiger partial charge in [0.2, 0.25) is 5.82 Å². The molecule has 4 nitrogen and oxygen atoms in total. The van der Waals surface area contributed by atoms with Crippen LogP contribution in [0.2, 0.25) is 0 Å². The Labute approximate surface area is 158 Å². The van der Waals surface area contributed by atoms with Gasteiger partial charge in [0.25, 0.3) is 5.89 Å². The lowest BCUT2D eigenvalue weighted by atomic mass is 9.76. The topological polar surface area (TPSA) is 59.2 Å². The van der Waals surface area contributed by atoms with E-state index in [0.29, 0.717) is 28.8 Å². The number of fused-ring (bicyclic) bond motifs is 1. The van der Waals surface area contributed by atoms with Crippen LogP contribution in [-0.2, 0) is 6.42 Å². The molecule has 1 N–H and O–H groups in total. The third-order valence-corrected chi connectivity index (χ3v) is 7.71. The van der Waals surface area contributed by atoms with E-state index in [4.69, 9.17) is 9.51 Å². The molecule has 136 valence electrons. The summed E-state index contributed by atoms with van der Waals surface area (Å²) in [6.07, 6.45) is 7.53. The van der Waals surface area contributed by atoms with Gasteiger partial charge in [0.05, 0.1) is 4.91 Å². The van der Waals surface area contributed by atoms with E-state index in [0.717, 1.165) is 23.1 Å². The number of phenolic OH excluding ortho intramolecular Hbond substituents is 1. The number of nitrogens with zero attached hydrogens (tertiary/aromatic N) is 2. The molecule has 26 heavy (non-hydrogen) atoms. The second-order valence-corrected chi connectivity index (χ2v) is 9.17. The Morgan fingerprint density at radius 2 is 2.15 bits per heavy atom. The fraction of sp³-hybridized carbons (Fsp3) is 0.524. The molecule has 2 heterocycles. The maximum atomic E-state index is 10.1. The fourth-order valence-corrected chi connectivity index (χ4v) is 5.95. The Morgan fingerprint density at radius 1 is 1.31 bits per heavy atom. The first kappa shape index (κ1) is 16.4. The van der Waals surface area contributed by atoms with E-state index in [1.165, 1.54) is 42.8 Å². The largest absolute Gasteiger partial charge is 0.507 e. The fourth-order valence-electron chi connectivity index (χ4n) is 4.60. The normalized spacial score (nSPS) is 23.5. The van der Waals surface area contributed by atoms with Crippen molar-refractivity contribution in [2.45, 2.75) is 52.4 Å². The van der Waals surface area contributed by atoms with Crippen LogP contribution in [0.5, 0.6) is 5.75 Å². The lowest BCUT2D eigenvalue weighted by molar-refractivity contribution is 0.330. The summed E-state index contributed by atoms with van der Waals surface area (Å²) < 4.78 is 5.66. The van der Waals surface area contributed by atoms with Crippen molar-refractivity contribution in [3.8, 4) is 17.1 Å². The number of aromatic nitrogens is 2. The van der Waals surface area contributed by atoms with E-state index in [1.807, 2.05) is 37.7 Å². The van der Waals surface area contributed by atoms with Crippen LogP contribution in [0.3, 0.4) is 0 Å². The summed E-state index contributed by atoms with van der Waals surface area (Å²) in [5.74, 6) is 3.55. The molecule has 1 aromatic heterocycles. The number of rotatable bonds is 3. The molecule has 0 radical (unpaired) electrons. The average molecular weight is 369 g/mol. The van der Waals surface area contributed by atoms with Gasteiger partial charge in [0.1, 0.15) is 5.75 Å². The molecule has 2 fully saturated rings. The van der Waals surface area contributed by atoms with E-state index >= 15 is 0 Å². The monoisotopic (exact) mass is 368 g/mol. The van der Waals surface area contributed by atoms with E-state index in [1.54, 1.807) is 5.57 Å². The van der Waals surface area contributed by atoms with Gasteiger partial charge in [-0.15, -0.1) is 11.8 Å². The number of hydrogen-bond donors (Lipinski definition) is 1. The predicted molar refractivity (Wildman–Crippen MR) is 104 cm³/mol. The number of aromatic hydroxyl groups is 1. The van der Waals surface area contributed by atoms with Crippen molar-refractivity contribution < 1.29 is 9.63 Å². The summed E-state index contributed by atoms with van der Waals surface area (Å²) in [5.41, 5.74) is 4.93. The Bertz CT molecular complexity index is 911. The molecule has 3 aliphatic rings. The van der Waals surface area contributed by atoms with Gasteiger partial charge in [-0.3, -0.25) is 0 Å². The van der Waals surface area contributed by atoms with Gasteiger partial charge < -0.3 is 9.63 Å². The summed E-state index contributed by atoms with van der Waals surface area (Å²) in [7, 11) is 0. The van der Waals surface area contributed by atoms with Gasteiger partial charge in [-0.05, 0) is 85.6 Å². The number of thioether (sulfide) groups is 1. The Kier molecular flexibility index (Phi) is 3.71. The van der Waals surface area contributed by atoms with Crippen molar-refractivity contribution >= 4 is 16.7 Å². The second kappa shape index (κ2) is 5.88. The summed E-state index contributed by atoms with van der Waals surface area (Å²) >= 11 is 1.89. The predicted octanol–water partition coefficient (Wildman–Crippen LogP) is 5.35. The SMILES string of the molecule is CCc1cc(-c2noc(C3=C4CCC5(CC5)CC4CS3)n2)cc(C)c1O. The van der Waals surface area contributed by atoms with Crippen molar-refractivity contribution in [3.05, 3.63) is 34.7 Å². The van der Waals surface area contributed by atoms with Crippen LogP contribution in [0.4, 0.5) is 0 Å². The third-order valence-electron chi connectivity index (χ3n) is 6.41. The van der Waals surface area contributed by atoms with E-state index in [-0.39, 0.29) is 0 Å². The molecule has 0 amide bonds. The van der Waals surface area contributed by atoms with Crippen LogP contribution in [0.25, 0.3) is 16.3 Å².